The molecule has 4 nitrogen and oxygen atoms in total. The summed E-state index contributed by atoms with van der Waals surface area (Å²) in [6.45, 7) is 4.20. The van der Waals surface area contributed by atoms with Gasteiger partial charge in [0, 0.05) is 19.1 Å². The summed E-state index contributed by atoms with van der Waals surface area (Å²) in [7, 11) is 0. The van der Waals surface area contributed by atoms with Gasteiger partial charge in [-0.15, -0.1) is 0 Å². The number of nitrogens with one attached hydrogen (secondary N) is 1. The monoisotopic (exact) mass is 308 g/mol. The number of rotatable bonds is 6. The molecule has 1 aliphatic heterocycles. The van der Waals surface area contributed by atoms with Crippen molar-refractivity contribution in [2.24, 2.45) is 0 Å². The molecule has 1 saturated heterocycles. The third kappa shape index (κ3) is 5.20. The van der Waals surface area contributed by atoms with E-state index in [0.29, 0.717) is 24.9 Å². The largest absolute Gasteiger partial charge is 0.494 e. The first kappa shape index (κ1) is 16.6. The number of amides is 2. The predicted molar refractivity (Wildman–Crippen MR) is 84.5 cm³/mol. The summed E-state index contributed by atoms with van der Waals surface area (Å²) in [6.07, 6.45) is 5.14. The van der Waals surface area contributed by atoms with Crippen molar-refractivity contribution in [2.75, 3.05) is 19.7 Å². The Morgan fingerprint density at radius 3 is 2.82 bits per heavy atom. The average Bonchev–Trinajstić information content (AvgIpc) is 2.52. The van der Waals surface area contributed by atoms with Gasteiger partial charge in [-0.1, -0.05) is 0 Å². The van der Waals surface area contributed by atoms with Gasteiger partial charge in [0.2, 0.25) is 0 Å². The Bertz CT molecular complexity index is 464. The standard InChI is InChI=1S/C17H25FN2O2/c1-14-6-2-4-12-20(14)17(21)19-11-3-5-13-22-16-9-7-15(18)8-10-16/h7-10,14H,2-6,11-13H2,1H3,(H,19,21). The number of unbranched alkanes of at least 4 members (excludes halogenated alkanes) is 1. The minimum absolute atomic E-state index is 0.0478. The maximum atomic E-state index is 12.7. The molecule has 1 aromatic rings. The molecule has 1 fully saturated rings. The molecule has 0 radical (unpaired) electrons. The summed E-state index contributed by atoms with van der Waals surface area (Å²) >= 11 is 0. The van der Waals surface area contributed by atoms with Gasteiger partial charge in [0.25, 0.3) is 0 Å². The van der Waals surface area contributed by atoms with E-state index in [1.807, 2.05) is 4.90 Å². The van der Waals surface area contributed by atoms with Crippen LogP contribution in [0.25, 0.3) is 0 Å². The van der Waals surface area contributed by atoms with Crippen molar-refractivity contribution in [3.63, 3.8) is 0 Å². The number of carbonyl (C=O) groups excluding carboxylic acids is 1. The van der Waals surface area contributed by atoms with Crippen LogP contribution in [0.5, 0.6) is 5.75 Å². The zero-order valence-corrected chi connectivity index (χ0v) is 13.2. The van der Waals surface area contributed by atoms with Gasteiger partial charge in [-0.3, -0.25) is 0 Å². The molecule has 1 aromatic carbocycles. The zero-order valence-electron chi connectivity index (χ0n) is 13.2. The van der Waals surface area contributed by atoms with Crippen molar-refractivity contribution < 1.29 is 13.9 Å². The smallest absolute Gasteiger partial charge is 0.317 e. The second-order valence-corrected chi connectivity index (χ2v) is 5.78. The molecule has 0 spiro atoms. The van der Waals surface area contributed by atoms with Crippen LogP contribution in [0.4, 0.5) is 9.18 Å². The fourth-order valence-corrected chi connectivity index (χ4v) is 2.64. The van der Waals surface area contributed by atoms with Gasteiger partial charge in [0.15, 0.2) is 0 Å². The molecule has 2 rings (SSSR count). The number of ether oxygens (including phenoxy) is 1. The maximum absolute atomic E-state index is 12.7. The van der Waals surface area contributed by atoms with Gasteiger partial charge in [-0.25, -0.2) is 9.18 Å². The van der Waals surface area contributed by atoms with Crippen LogP contribution in [0.15, 0.2) is 24.3 Å². The Hall–Kier alpha value is -1.78. The summed E-state index contributed by atoms with van der Waals surface area (Å²) in [5.41, 5.74) is 0. The lowest BCUT2D eigenvalue weighted by Gasteiger charge is -2.33. The molecule has 0 saturated carbocycles. The van der Waals surface area contributed by atoms with Crippen molar-refractivity contribution in [3.8, 4) is 5.75 Å². The maximum Gasteiger partial charge on any atom is 0.317 e. The Morgan fingerprint density at radius 1 is 1.32 bits per heavy atom. The Morgan fingerprint density at radius 2 is 2.09 bits per heavy atom. The molecule has 1 aliphatic rings. The molecule has 1 unspecified atom stereocenters. The van der Waals surface area contributed by atoms with Crippen LogP contribution in [0.3, 0.4) is 0 Å². The zero-order chi connectivity index (χ0) is 15.8. The SMILES string of the molecule is CC1CCCCN1C(=O)NCCCCOc1ccc(F)cc1. The van der Waals surface area contributed by atoms with Crippen molar-refractivity contribution in [3.05, 3.63) is 30.1 Å². The first-order valence-corrected chi connectivity index (χ1v) is 8.09. The highest BCUT2D eigenvalue weighted by molar-refractivity contribution is 5.74. The number of hydrogen-bond acceptors (Lipinski definition) is 2. The molecule has 2 amide bonds. The number of halogens is 1. The summed E-state index contributed by atoms with van der Waals surface area (Å²) in [5, 5.41) is 2.97. The van der Waals surface area contributed by atoms with Crippen LogP contribution in [0.1, 0.15) is 39.0 Å². The summed E-state index contributed by atoms with van der Waals surface area (Å²) < 4.78 is 18.2. The van der Waals surface area contributed by atoms with E-state index in [-0.39, 0.29) is 11.8 Å². The number of urea groups is 1. The van der Waals surface area contributed by atoms with Gasteiger partial charge < -0.3 is 15.0 Å². The lowest BCUT2D eigenvalue weighted by atomic mass is 10.0. The second kappa shape index (κ2) is 8.61. The highest BCUT2D eigenvalue weighted by Gasteiger charge is 2.22. The summed E-state index contributed by atoms with van der Waals surface area (Å²) in [4.78, 5) is 14.0. The normalized spacial score (nSPS) is 18.1. The van der Waals surface area contributed by atoms with E-state index in [2.05, 4.69) is 12.2 Å². The van der Waals surface area contributed by atoms with Gasteiger partial charge in [-0.05, 0) is 63.3 Å². The van der Waals surface area contributed by atoms with E-state index in [1.54, 1.807) is 12.1 Å². The average molecular weight is 308 g/mol. The molecule has 1 atom stereocenters. The highest BCUT2D eigenvalue weighted by atomic mass is 19.1. The number of hydrogen-bond donors (Lipinski definition) is 1. The third-order valence-electron chi connectivity index (χ3n) is 3.99. The fourth-order valence-electron chi connectivity index (χ4n) is 2.64. The van der Waals surface area contributed by atoms with Crippen LogP contribution in [0, 0.1) is 5.82 Å². The quantitative estimate of drug-likeness (QED) is 0.816. The number of carbonyl (C=O) groups is 1. The molecule has 122 valence electrons. The van der Waals surface area contributed by atoms with Crippen molar-refractivity contribution in [1.29, 1.82) is 0 Å². The Labute approximate surface area is 131 Å². The highest BCUT2D eigenvalue weighted by Crippen LogP contribution is 2.16. The lowest BCUT2D eigenvalue weighted by Crippen LogP contribution is -2.47. The van der Waals surface area contributed by atoms with E-state index >= 15 is 0 Å². The molecule has 5 heteroatoms. The third-order valence-corrected chi connectivity index (χ3v) is 3.99. The molecule has 0 aromatic heterocycles. The van der Waals surface area contributed by atoms with E-state index in [4.69, 9.17) is 4.74 Å². The van der Waals surface area contributed by atoms with Crippen molar-refractivity contribution >= 4 is 6.03 Å². The van der Waals surface area contributed by atoms with Gasteiger partial charge >= 0.3 is 6.03 Å². The van der Waals surface area contributed by atoms with E-state index in [0.717, 1.165) is 32.2 Å². The number of nitrogens with zero attached hydrogens (tertiary/aromatic N) is 1. The Balaban J connectivity index is 1.55. The van der Waals surface area contributed by atoms with Gasteiger partial charge in [0.1, 0.15) is 11.6 Å². The Kier molecular flexibility index (Phi) is 6.49. The van der Waals surface area contributed by atoms with Crippen LogP contribution in [0.2, 0.25) is 0 Å². The number of piperidine rings is 1. The topological polar surface area (TPSA) is 41.6 Å². The van der Waals surface area contributed by atoms with Crippen molar-refractivity contribution in [1.82, 2.24) is 10.2 Å². The molecule has 22 heavy (non-hydrogen) atoms. The van der Waals surface area contributed by atoms with Crippen LogP contribution in [-0.4, -0.2) is 36.7 Å². The van der Waals surface area contributed by atoms with Gasteiger partial charge in [0.05, 0.1) is 6.61 Å². The van der Waals surface area contributed by atoms with Crippen molar-refractivity contribution in [2.45, 2.75) is 45.1 Å². The summed E-state index contributed by atoms with van der Waals surface area (Å²) in [5.74, 6) is 0.412. The molecule has 0 bridgehead atoms. The number of benzene rings is 1. The minimum atomic E-state index is -0.262. The molecule has 1 heterocycles. The lowest BCUT2D eigenvalue weighted by molar-refractivity contribution is 0.158. The molecule has 1 N–H and O–H groups in total. The molecule has 0 aliphatic carbocycles. The van der Waals surface area contributed by atoms with E-state index < -0.39 is 0 Å². The first-order valence-electron chi connectivity index (χ1n) is 8.09. The fraction of sp³-hybridized carbons (Fsp3) is 0.588. The van der Waals surface area contributed by atoms with E-state index in [1.165, 1.54) is 18.6 Å². The minimum Gasteiger partial charge on any atom is -0.494 e. The van der Waals surface area contributed by atoms with Crippen LogP contribution in [-0.2, 0) is 0 Å². The predicted octanol–water partition coefficient (Wildman–Crippen LogP) is 3.57. The molecular weight excluding hydrogens is 283 g/mol. The second-order valence-electron chi connectivity index (χ2n) is 5.78. The van der Waals surface area contributed by atoms with Gasteiger partial charge in [-0.2, -0.15) is 0 Å². The summed E-state index contributed by atoms with van der Waals surface area (Å²) in [6, 6.07) is 6.40. The van der Waals surface area contributed by atoms with Crippen LogP contribution < -0.4 is 10.1 Å². The first-order chi connectivity index (χ1) is 10.7. The molecular formula is C17H25FN2O2. The number of likely N-dealkylation sites (tertiary alicyclic amines) is 1. The van der Waals surface area contributed by atoms with Crippen LogP contribution >= 0.6 is 0 Å². The van der Waals surface area contributed by atoms with E-state index in [9.17, 15) is 9.18 Å².